The second-order valence-corrected chi connectivity index (χ2v) is 3.74. The molecule has 82 valence electrons. The Hall–Kier alpha value is -1.87. The van der Waals surface area contributed by atoms with E-state index in [0.29, 0.717) is 0 Å². The largest absolute Gasteiger partial charge is 0.392 e. The molecule has 0 bridgehead atoms. The maximum atomic E-state index is 11.6. The smallest absolute Gasteiger partial charge is 0.255 e. The van der Waals surface area contributed by atoms with Gasteiger partial charge in [0.2, 0.25) is 0 Å². The fourth-order valence-electron chi connectivity index (χ4n) is 1.56. The molecule has 0 aliphatic rings. The van der Waals surface area contributed by atoms with Gasteiger partial charge < -0.3 is 5.11 Å². The average Bonchev–Trinajstić information content (AvgIpc) is 2.32. The SMILES string of the molecule is Cc1ccc(=O)n(-c2ccc(CO)cc2)c1. The van der Waals surface area contributed by atoms with Crippen molar-refractivity contribution in [1.82, 2.24) is 4.57 Å². The van der Waals surface area contributed by atoms with Crippen LogP contribution in [0.15, 0.2) is 47.4 Å². The van der Waals surface area contributed by atoms with Crippen molar-refractivity contribution < 1.29 is 5.11 Å². The number of pyridine rings is 1. The van der Waals surface area contributed by atoms with Crippen molar-refractivity contribution in [2.45, 2.75) is 13.5 Å². The van der Waals surface area contributed by atoms with Crippen molar-refractivity contribution in [2.75, 3.05) is 0 Å². The van der Waals surface area contributed by atoms with Crippen LogP contribution in [0.3, 0.4) is 0 Å². The number of aliphatic hydroxyl groups excluding tert-OH is 1. The zero-order valence-electron chi connectivity index (χ0n) is 9.05. The molecule has 0 fully saturated rings. The highest BCUT2D eigenvalue weighted by atomic mass is 16.3. The molecule has 3 nitrogen and oxygen atoms in total. The molecule has 2 rings (SSSR count). The van der Waals surface area contributed by atoms with Gasteiger partial charge in [-0.1, -0.05) is 18.2 Å². The molecule has 0 amide bonds. The zero-order valence-corrected chi connectivity index (χ0v) is 9.05. The summed E-state index contributed by atoms with van der Waals surface area (Å²) in [6, 6.07) is 10.6. The first kappa shape index (κ1) is 10.6. The first-order valence-electron chi connectivity index (χ1n) is 5.10. The van der Waals surface area contributed by atoms with Crippen molar-refractivity contribution in [2.24, 2.45) is 0 Å². The predicted molar refractivity (Wildman–Crippen MR) is 62.7 cm³/mol. The Morgan fingerprint density at radius 2 is 1.81 bits per heavy atom. The predicted octanol–water partition coefficient (Wildman–Crippen LogP) is 1.64. The molecule has 0 spiro atoms. The van der Waals surface area contributed by atoms with Crippen LogP contribution in [0.25, 0.3) is 5.69 Å². The molecule has 1 N–H and O–H groups in total. The molecule has 0 atom stereocenters. The molecule has 3 heteroatoms. The van der Waals surface area contributed by atoms with Crippen LogP contribution in [0.4, 0.5) is 0 Å². The molecule has 0 aliphatic heterocycles. The summed E-state index contributed by atoms with van der Waals surface area (Å²) in [5.74, 6) is 0. The van der Waals surface area contributed by atoms with E-state index in [9.17, 15) is 4.79 Å². The van der Waals surface area contributed by atoms with Gasteiger partial charge >= 0.3 is 0 Å². The summed E-state index contributed by atoms with van der Waals surface area (Å²) in [4.78, 5) is 11.6. The molecule has 0 saturated heterocycles. The van der Waals surface area contributed by atoms with E-state index < -0.39 is 0 Å². The van der Waals surface area contributed by atoms with Gasteiger partial charge in [-0.25, -0.2) is 0 Å². The van der Waals surface area contributed by atoms with Crippen molar-refractivity contribution in [1.29, 1.82) is 0 Å². The van der Waals surface area contributed by atoms with E-state index in [1.54, 1.807) is 22.9 Å². The van der Waals surface area contributed by atoms with Crippen LogP contribution in [0.2, 0.25) is 0 Å². The lowest BCUT2D eigenvalue weighted by Crippen LogP contribution is -2.16. The number of hydrogen-bond donors (Lipinski definition) is 1. The molecular formula is C13H13NO2. The second kappa shape index (κ2) is 4.33. The summed E-state index contributed by atoms with van der Waals surface area (Å²) in [6.07, 6.45) is 1.80. The van der Waals surface area contributed by atoms with Crippen LogP contribution >= 0.6 is 0 Å². The first-order chi connectivity index (χ1) is 7.70. The van der Waals surface area contributed by atoms with Crippen molar-refractivity contribution in [3.05, 3.63) is 64.1 Å². The normalized spacial score (nSPS) is 10.4. The van der Waals surface area contributed by atoms with Crippen LogP contribution in [0.5, 0.6) is 0 Å². The van der Waals surface area contributed by atoms with Crippen LogP contribution in [0, 0.1) is 6.92 Å². The summed E-state index contributed by atoms with van der Waals surface area (Å²) in [6.45, 7) is 1.96. The van der Waals surface area contributed by atoms with Gasteiger partial charge in [-0.2, -0.15) is 0 Å². The van der Waals surface area contributed by atoms with Gasteiger partial charge in [-0.3, -0.25) is 9.36 Å². The highest BCUT2D eigenvalue weighted by molar-refractivity contribution is 5.35. The third kappa shape index (κ3) is 2.04. The Morgan fingerprint density at radius 1 is 1.12 bits per heavy atom. The van der Waals surface area contributed by atoms with Crippen LogP contribution in [-0.4, -0.2) is 9.67 Å². The van der Waals surface area contributed by atoms with Gasteiger partial charge in [-0.05, 0) is 30.2 Å². The summed E-state index contributed by atoms with van der Waals surface area (Å²) in [5.41, 5.74) is 2.63. The number of aryl methyl sites for hydroxylation is 1. The van der Waals surface area contributed by atoms with E-state index in [2.05, 4.69) is 0 Å². The summed E-state index contributed by atoms with van der Waals surface area (Å²) >= 11 is 0. The zero-order chi connectivity index (χ0) is 11.5. The standard InChI is InChI=1S/C13H13NO2/c1-10-2-7-13(16)14(8-10)12-5-3-11(9-15)4-6-12/h2-8,15H,9H2,1H3. The minimum absolute atomic E-state index is 0.0169. The average molecular weight is 215 g/mol. The van der Waals surface area contributed by atoms with Gasteiger partial charge in [0.05, 0.1) is 6.61 Å². The van der Waals surface area contributed by atoms with Crippen LogP contribution in [-0.2, 0) is 6.61 Å². The Labute approximate surface area is 93.6 Å². The minimum atomic E-state index is -0.0534. The maximum absolute atomic E-state index is 11.6. The third-order valence-electron chi connectivity index (χ3n) is 2.46. The quantitative estimate of drug-likeness (QED) is 0.827. The van der Waals surface area contributed by atoms with Gasteiger partial charge in [0.25, 0.3) is 5.56 Å². The minimum Gasteiger partial charge on any atom is -0.392 e. The Kier molecular flexibility index (Phi) is 2.88. The molecule has 16 heavy (non-hydrogen) atoms. The monoisotopic (exact) mass is 215 g/mol. The van der Waals surface area contributed by atoms with E-state index in [0.717, 1.165) is 16.8 Å². The lowest BCUT2D eigenvalue weighted by atomic mass is 10.2. The lowest BCUT2D eigenvalue weighted by molar-refractivity contribution is 0.282. The third-order valence-corrected chi connectivity index (χ3v) is 2.46. The molecule has 0 radical (unpaired) electrons. The number of rotatable bonds is 2. The number of aromatic nitrogens is 1. The molecule has 0 unspecified atom stereocenters. The Balaban J connectivity index is 2.50. The van der Waals surface area contributed by atoms with E-state index >= 15 is 0 Å². The second-order valence-electron chi connectivity index (χ2n) is 3.74. The lowest BCUT2D eigenvalue weighted by Gasteiger charge is -2.06. The summed E-state index contributed by atoms with van der Waals surface area (Å²) < 4.78 is 1.59. The van der Waals surface area contributed by atoms with E-state index in [4.69, 9.17) is 5.11 Å². The first-order valence-corrected chi connectivity index (χ1v) is 5.10. The van der Waals surface area contributed by atoms with E-state index in [1.165, 1.54) is 0 Å². The molecule has 1 aromatic heterocycles. The molecular weight excluding hydrogens is 202 g/mol. The fraction of sp³-hybridized carbons (Fsp3) is 0.154. The van der Waals surface area contributed by atoms with Gasteiger partial charge in [0.15, 0.2) is 0 Å². The number of benzene rings is 1. The van der Waals surface area contributed by atoms with Gasteiger partial charge in [-0.15, -0.1) is 0 Å². The molecule has 0 saturated carbocycles. The van der Waals surface area contributed by atoms with Crippen LogP contribution in [0.1, 0.15) is 11.1 Å². The molecule has 2 aromatic rings. The van der Waals surface area contributed by atoms with E-state index in [-0.39, 0.29) is 12.2 Å². The topological polar surface area (TPSA) is 42.2 Å². The maximum Gasteiger partial charge on any atom is 0.255 e. The van der Waals surface area contributed by atoms with Crippen LogP contribution < -0.4 is 5.56 Å². The van der Waals surface area contributed by atoms with Gasteiger partial charge in [0, 0.05) is 18.0 Å². The Morgan fingerprint density at radius 3 is 2.44 bits per heavy atom. The fourth-order valence-corrected chi connectivity index (χ4v) is 1.56. The highest BCUT2D eigenvalue weighted by Crippen LogP contribution is 2.08. The Bertz CT molecular complexity index is 541. The number of aliphatic hydroxyl groups is 1. The van der Waals surface area contributed by atoms with E-state index in [1.807, 2.05) is 31.2 Å². The number of hydrogen-bond acceptors (Lipinski definition) is 2. The number of nitrogens with zero attached hydrogens (tertiary/aromatic N) is 1. The van der Waals surface area contributed by atoms with Crippen molar-refractivity contribution in [3.63, 3.8) is 0 Å². The van der Waals surface area contributed by atoms with Crippen molar-refractivity contribution >= 4 is 0 Å². The van der Waals surface area contributed by atoms with Crippen molar-refractivity contribution in [3.8, 4) is 5.69 Å². The summed E-state index contributed by atoms with van der Waals surface area (Å²) in [5, 5.41) is 8.93. The molecule has 1 heterocycles. The molecule has 0 aliphatic carbocycles. The van der Waals surface area contributed by atoms with Gasteiger partial charge in [0.1, 0.15) is 0 Å². The highest BCUT2D eigenvalue weighted by Gasteiger charge is 1.99. The molecule has 1 aromatic carbocycles. The summed E-state index contributed by atoms with van der Waals surface area (Å²) in [7, 11) is 0.